The van der Waals surface area contributed by atoms with Crippen molar-refractivity contribution in [2.24, 2.45) is 0 Å². The minimum absolute atomic E-state index is 0.224. The molecule has 0 saturated heterocycles. The molecule has 1 heterocycles. The van der Waals surface area contributed by atoms with Gasteiger partial charge in [-0.15, -0.1) is 11.3 Å². The Morgan fingerprint density at radius 1 is 1.16 bits per heavy atom. The van der Waals surface area contributed by atoms with E-state index in [1.165, 1.54) is 0 Å². The van der Waals surface area contributed by atoms with Crippen molar-refractivity contribution in [3.8, 4) is 5.75 Å². The molecular weight excluding hydrogens is 338 g/mol. The van der Waals surface area contributed by atoms with Gasteiger partial charge in [0.1, 0.15) is 5.75 Å². The van der Waals surface area contributed by atoms with Crippen molar-refractivity contribution in [3.05, 3.63) is 52.2 Å². The molecule has 0 N–H and O–H groups in total. The molecule has 0 fully saturated rings. The Morgan fingerprint density at radius 2 is 1.92 bits per heavy atom. The normalized spacial score (nSPS) is 10.3. The second-order valence-corrected chi connectivity index (χ2v) is 6.60. The maximum absolute atomic E-state index is 12.1. The highest BCUT2D eigenvalue weighted by molar-refractivity contribution is 7.09. The van der Waals surface area contributed by atoms with Gasteiger partial charge in [0.25, 0.3) is 5.91 Å². The average Bonchev–Trinajstić information content (AvgIpc) is 3.13. The number of thiophene rings is 1. The molecule has 0 radical (unpaired) electrons. The van der Waals surface area contributed by atoms with Gasteiger partial charge >= 0.3 is 5.97 Å². The molecule has 0 bridgehead atoms. The number of amides is 1. The lowest BCUT2D eigenvalue weighted by Crippen LogP contribution is -2.30. The van der Waals surface area contributed by atoms with Crippen LogP contribution < -0.4 is 4.74 Å². The third-order valence-corrected chi connectivity index (χ3v) is 4.53. The molecule has 25 heavy (non-hydrogen) atoms. The Hall–Kier alpha value is -2.34. The van der Waals surface area contributed by atoms with E-state index in [4.69, 9.17) is 9.47 Å². The number of nitrogens with zero attached hydrogens (tertiary/aromatic N) is 1. The lowest BCUT2D eigenvalue weighted by atomic mass is 10.2. The topological polar surface area (TPSA) is 55.8 Å². The summed E-state index contributed by atoms with van der Waals surface area (Å²) in [6.07, 6.45) is 0.934. The first-order chi connectivity index (χ1) is 12.1. The molecule has 5 nitrogen and oxygen atoms in total. The van der Waals surface area contributed by atoms with E-state index >= 15 is 0 Å². The molecule has 1 amide bonds. The number of aryl methyl sites for hydroxylation is 1. The molecule has 0 aliphatic carbocycles. The van der Waals surface area contributed by atoms with Crippen molar-refractivity contribution in [2.45, 2.75) is 26.3 Å². The smallest absolute Gasteiger partial charge is 0.306 e. The van der Waals surface area contributed by atoms with Crippen LogP contribution in [-0.2, 0) is 27.3 Å². The van der Waals surface area contributed by atoms with Crippen LogP contribution in [0.25, 0.3) is 0 Å². The number of likely N-dealkylation sites (N-methyl/N-ethyl adjacent to an activating group) is 1. The van der Waals surface area contributed by atoms with Crippen molar-refractivity contribution >= 4 is 23.2 Å². The molecule has 0 unspecified atom stereocenters. The predicted molar refractivity (Wildman–Crippen MR) is 97.7 cm³/mol. The number of benzene rings is 1. The number of hydrogen-bond donors (Lipinski definition) is 0. The maximum Gasteiger partial charge on any atom is 0.306 e. The zero-order valence-electron chi connectivity index (χ0n) is 14.6. The number of hydrogen-bond acceptors (Lipinski definition) is 5. The number of ether oxygens (including phenoxy) is 2. The summed E-state index contributed by atoms with van der Waals surface area (Å²) >= 11 is 1.61. The first kappa shape index (κ1) is 19.0. The molecule has 0 aliphatic rings. The third-order valence-electron chi connectivity index (χ3n) is 3.59. The number of rotatable bonds is 9. The van der Waals surface area contributed by atoms with Gasteiger partial charge in [-0.1, -0.05) is 18.2 Å². The van der Waals surface area contributed by atoms with Gasteiger partial charge in [-0.2, -0.15) is 0 Å². The minimum Gasteiger partial charge on any atom is -0.494 e. The molecule has 0 saturated carbocycles. The van der Waals surface area contributed by atoms with E-state index in [-0.39, 0.29) is 24.9 Å². The zero-order valence-corrected chi connectivity index (χ0v) is 15.4. The van der Waals surface area contributed by atoms with Crippen LogP contribution in [0.4, 0.5) is 0 Å². The quantitative estimate of drug-likeness (QED) is 0.643. The molecule has 1 aromatic carbocycles. The van der Waals surface area contributed by atoms with E-state index in [2.05, 4.69) is 0 Å². The molecule has 6 heteroatoms. The van der Waals surface area contributed by atoms with Gasteiger partial charge in [0, 0.05) is 18.5 Å². The molecule has 2 rings (SSSR count). The van der Waals surface area contributed by atoms with E-state index < -0.39 is 0 Å². The standard InChI is InChI=1S/C19H23NO4S/c1-3-23-16-8-6-15(7-9-16)13-20(2)18(21)14-24-19(22)11-10-17-5-4-12-25-17/h4-9,12H,3,10-11,13-14H2,1-2H3. The summed E-state index contributed by atoms with van der Waals surface area (Å²) in [4.78, 5) is 26.5. The summed E-state index contributed by atoms with van der Waals surface area (Å²) in [6.45, 7) is 2.78. The van der Waals surface area contributed by atoms with E-state index in [0.29, 0.717) is 19.6 Å². The third kappa shape index (κ3) is 6.58. The molecule has 134 valence electrons. The Bertz CT molecular complexity index is 667. The zero-order chi connectivity index (χ0) is 18.1. The van der Waals surface area contributed by atoms with Crippen LogP contribution in [0.3, 0.4) is 0 Å². The molecule has 2 aromatic rings. The average molecular weight is 361 g/mol. The first-order valence-corrected chi connectivity index (χ1v) is 9.10. The van der Waals surface area contributed by atoms with Crippen LogP contribution in [0.5, 0.6) is 5.75 Å². The summed E-state index contributed by atoms with van der Waals surface area (Å²) in [5.41, 5.74) is 0.989. The summed E-state index contributed by atoms with van der Waals surface area (Å²) < 4.78 is 10.5. The summed E-state index contributed by atoms with van der Waals surface area (Å²) in [5, 5.41) is 1.97. The second-order valence-electron chi connectivity index (χ2n) is 5.57. The summed E-state index contributed by atoms with van der Waals surface area (Å²) in [7, 11) is 1.69. The summed E-state index contributed by atoms with van der Waals surface area (Å²) in [5.74, 6) is 0.231. The van der Waals surface area contributed by atoms with Gasteiger partial charge in [0.05, 0.1) is 13.0 Å². The lowest BCUT2D eigenvalue weighted by Gasteiger charge is -2.17. The van der Waals surface area contributed by atoms with Crippen LogP contribution in [0.2, 0.25) is 0 Å². The monoisotopic (exact) mass is 361 g/mol. The highest BCUT2D eigenvalue weighted by atomic mass is 32.1. The van der Waals surface area contributed by atoms with E-state index in [1.54, 1.807) is 23.3 Å². The Morgan fingerprint density at radius 3 is 2.56 bits per heavy atom. The second kappa shape index (κ2) is 9.84. The van der Waals surface area contributed by atoms with Gasteiger partial charge < -0.3 is 14.4 Å². The molecule has 1 aromatic heterocycles. The van der Waals surface area contributed by atoms with Crippen LogP contribution in [0, 0.1) is 0 Å². The predicted octanol–water partition coefficient (Wildman–Crippen LogP) is 3.28. The van der Waals surface area contributed by atoms with Crippen molar-refractivity contribution in [1.82, 2.24) is 4.90 Å². The maximum atomic E-state index is 12.1. The molecule has 0 spiro atoms. The Balaban J connectivity index is 1.71. The van der Waals surface area contributed by atoms with Crippen LogP contribution in [-0.4, -0.2) is 37.0 Å². The highest BCUT2D eigenvalue weighted by Gasteiger charge is 2.13. The van der Waals surface area contributed by atoms with E-state index in [9.17, 15) is 9.59 Å². The molecule has 0 atom stereocenters. The van der Waals surface area contributed by atoms with E-state index in [0.717, 1.165) is 16.2 Å². The van der Waals surface area contributed by atoms with Crippen LogP contribution in [0.15, 0.2) is 41.8 Å². The Labute approximate surface area is 152 Å². The van der Waals surface area contributed by atoms with Gasteiger partial charge in [0.2, 0.25) is 0 Å². The van der Waals surface area contributed by atoms with Crippen LogP contribution >= 0.6 is 11.3 Å². The van der Waals surface area contributed by atoms with Gasteiger partial charge in [-0.25, -0.2) is 0 Å². The fraction of sp³-hybridized carbons (Fsp3) is 0.368. The largest absolute Gasteiger partial charge is 0.494 e. The van der Waals surface area contributed by atoms with Gasteiger partial charge in [-0.3, -0.25) is 9.59 Å². The molecule has 0 aliphatic heterocycles. The number of carbonyl (C=O) groups excluding carboxylic acids is 2. The van der Waals surface area contributed by atoms with Gasteiger partial charge in [-0.05, 0) is 42.5 Å². The highest BCUT2D eigenvalue weighted by Crippen LogP contribution is 2.14. The number of carbonyl (C=O) groups is 2. The lowest BCUT2D eigenvalue weighted by molar-refractivity contribution is -0.151. The minimum atomic E-state index is -0.351. The fourth-order valence-corrected chi connectivity index (χ4v) is 2.93. The molecular formula is C19H23NO4S. The van der Waals surface area contributed by atoms with E-state index in [1.807, 2.05) is 48.7 Å². The van der Waals surface area contributed by atoms with Gasteiger partial charge in [0.15, 0.2) is 6.61 Å². The first-order valence-electron chi connectivity index (χ1n) is 8.22. The summed E-state index contributed by atoms with van der Waals surface area (Å²) in [6, 6.07) is 11.5. The fourth-order valence-electron chi connectivity index (χ4n) is 2.22. The van der Waals surface area contributed by atoms with Crippen molar-refractivity contribution < 1.29 is 19.1 Å². The van der Waals surface area contributed by atoms with Crippen molar-refractivity contribution in [2.75, 3.05) is 20.3 Å². The number of esters is 1. The van der Waals surface area contributed by atoms with Crippen molar-refractivity contribution in [3.63, 3.8) is 0 Å². The van der Waals surface area contributed by atoms with Crippen LogP contribution in [0.1, 0.15) is 23.8 Å². The SMILES string of the molecule is CCOc1ccc(CN(C)C(=O)COC(=O)CCc2cccs2)cc1. The van der Waals surface area contributed by atoms with Crippen molar-refractivity contribution in [1.29, 1.82) is 0 Å². The Kier molecular flexibility index (Phi) is 7.47.